The summed E-state index contributed by atoms with van der Waals surface area (Å²) in [7, 11) is 0. The van der Waals surface area contributed by atoms with Crippen molar-refractivity contribution in [2.45, 2.75) is 19.8 Å². The van der Waals surface area contributed by atoms with E-state index in [-0.39, 0.29) is 0 Å². The average molecular weight is 173 g/mol. The second-order valence-electron chi connectivity index (χ2n) is 3.63. The van der Waals surface area contributed by atoms with Gasteiger partial charge in [-0.3, -0.25) is 0 Å². The fourth-order valence-corrected chi connectivity index (χ4v) is 1.91. The number of fused-ring (bicyclic) bond motifs is 1. The number of allylic oxidation sites excluding steroid dienone is 1. The van der Waals surface area contributed by atoms with Crippen molar-refractivity contribution >= 4 is 5.57 Å². The lowest BCUT2D eigenvalue weighted by molar-refractivity contribution is 0.965. The van der Waals surface area contributed by atoms with Crippen LogP contribution in [0.5, 0.6) is 0 Å². The zero-order chi connectivity index (χ0) is 9.26. The van der Waals surface area contributed by atoms with Crippen LogP contribution in [0.4, 0.5) is 0 Å². The zero-order valence-electron chi connectivity index (χ0n) is 8.01. The smallest absolute Gasteiger partial charge is 0.0181 e. The summed E-state index contributed by atoms with van der Waals surface area (Å²) in [5.41, 5.74) is 11.2. The fourth-order valence-electron chi connectivity index (χ4n) is 1.91. The zero-order valence-corrected chi connectivity index (χ0v) is 8.01. The van der Waals surface area contributed by atoms with Crippen molar-refractivity contribution in [1.29, 1.82) is 0 Å². The molecule has 1 aliphatic carbocycles. The molecule has 2 N–H and O–H groups in total. The molecule has 0 saturated carbocycles. The monoisotopic (exact) mass is 173 g/mol. The molecule has 13 heavy (non-hydrogen) atoms. The second kappa shape index (κ2) is 3.35. The van der Waals surface area contributed by atoms with Crippen molar-refractivity contribution in [1.82, 2.24) is 0 Å². The summed E-state index contributed by atoms with van der Waals surface area (Å²) in [5, 5.41) is 0. The summed E-state index contributed by atoms with van der Waals surface area (Å²) in [6.45, 7) is 2.79. The lowest BCUT2D eigenvalue weighted by Gasteiger charge is -2.17. The van der Waals surface area contributed by atoms with Crippen molar-refractivity contribution in [3.8, 4) is 0 Å². The molecule has 0 heterocycles. The van der Waals surface area contributed by atoms with Crippen LogP contribution in [0.3, 0.4) is 0 Å². The Kier molecular flexibility index (Phi) is 2.19. The Morgan fingerprint density at radius 3 is 3.00 bits per heavy atom. The van der Waals surface area contributed by atoms with Crippen molar-refractivity contribution in [3.63, 3.8) is 0 Å². The van der Waals surface area contributed by atoms with Gasteiger partial charge in [-0.2, -0.15) is 0 Å². The molecule has 2 rings (SSSR count). The third-order valence-corrected chi connectivity index (χ3v) is 2.64. The van der Waals surface area contributed by atoms with Gasteiger partial charge < -0.3 is 5.73 Å². The summed E-state index contributed by atoms with van der Waals surface area (Å²) in [4.78, 5) is 0. The summed E-state index contributed by atoms with van der Waals surface area (Å²) in [5.74, 6) is 0. The quantitative estimate of drug-likeness (QED) is 0.692. The minimum Gasteiger partial charge on any atom is -0.326 e. The summed E-state index contributed by atoms with van der Waals surface area (Å²) in [6.07, 6.45) is 4.57. The van der Waals surface area contributed by atoms with Crippen LogP contribution in [0, 0.1) is 6.92 Å². The third-order valence-electron chi connectivity index (χ3n) is 2.64. The van der Waals surface area contributed by atoms with Gasteiger partial charge in [-0.15, -0.1) is 0 Å². The molecule has 0 radical (unpaired) electrons. The molecule has 0 bridgehead atoms. The Morgan fingerprint density at radius 2 is 2.23 bits per heavy atom. The van der Waals surface area contributed by atoms with Crippen LogP contribution in [0.2, 0.25) is 0 Å². The minimum absolute atomic E-state index is 0.663. The SMILES string of the molecule is Cc1ccc2c(c1)C(CN)=CCC2. The molecule has 0 amide bonds. The lowest BCUT2D eigenvalue weighted by Crippen LogP contribution is -2.08. The van der Waals surface area contributed by atoms with Gasteiger partial charge in [0.1, 0.15) is 0 Å². The van der Waals surface area contributed by atoms with E-state index in [1.165, 1.54) is 28.7 Å². The number of benzene rings is 1. The first-order valence-corrected chi connectivity index (χ1v) is 4.80. The molecule has 1 aromatic rings. The predicted octanol–water partition coefficient (Wildman–Crippen LogP) is 2.28. The molecule has 1 nitrogen and oxygen atoms in total. The maximum Gasteiger partial charge on any atom is 0.0181 e. The maximum atomic E-state index is 5.70. The van der Waals surface area contributed by atoms with Crippen LogP contribution >= 0.6 is 0 Å². The standard InChI is InChI=1S/C12H15N/c1-9-5-6-10-3-2-4-11(8-13)12(10)7-9/h4-7H,2-3,8,13H2,1H3. The first-order chi connectivity index (χ1) is 6.31. The van der Waals surface area contributed by atoms with Crippen molar-refractivity contribution in [3.05, 3.63) is 41.0 Å². The van der Waals surface area contributed by atoms with Crippen molar-refractivity contribution < 1.29 is 0 Å². The van der Waals surface area contributed by atoms with Crippen LogP contribution in [-0.2, 0) is 6.42 Å². The summed E-state index contributed by atoms with van der Waals surface area (Å²) < 4.78 is 0. The number of aryl methyl sites for hydroxylation is 2. The van der Waals surface area contributed by atoms with Crippen LogP contribution in [0.25, 0.3) is 5.57 Å². The Morgan fingerprint density at radius 1 is 1.38 bits per heavy atom. The lowest BCUT2D eigenvalue weighted by atomic mass is 9.90. The van der Waals surface area contributed by atoms with E-state index in [2.05, 4.69) is 31.2 Å². The number of nitrogens with two attached hydrogens (primary N) is 1. The van der Waals surface area contributed by atoms with Crippen LogP contribution in [-0.4, -0.2) is 6.54 Å². The van der Waals surface area contributed by atoms with E-state index >= 15 is 0 Å². The second-order valence-corrected chi connectivity index (χ2v) is 3.63. The Hall–Kier alpha value is -1.08. The third kappa shape index (κ3) is 1.52. The van der Waals surface area contributed by atoms with E-state index in [1.807, 2.05) is 0 Å². The number of rotatable bonds is 1. The van der Waals surface area contributed by atoms with Crippen molar-refractivity contribution in [2.24, 2.45) is 5.73 Å². The van der Waals surface area contributed by atoms with Gasteiger partial charge in [-0.1, -0.05) is 29.8 Å². The topological polar surface area (TPSA) is 26.0 Å². The molecule has 1 aliphatic rings. The Labute approximate surface area is 79.3 Å². The normalized spacial score (nSPS) is 15.1. The number of hydrogen-bond acceptors (Lipinski definition) is 1. The highest BCUT2D eigenvalue weighted by atomic mass is 14.5. The fraction of sp³-hybridized carbons (Fsp3) is 0.333. The molecule has 0 aliphatic heterocycles. The summed E-state index contributed by atoms with van der Waals surface area (Å²) >= 11 is 0. The van der Waals surface area contributed by atoms with Gasteiger partial charge in [0.15, 0.2) is 0 Å². The van der Waals surface area contributed by atoms with Gasteiger partial charge in [-0.05, 0) is 36.5 Å². The van der Waals surface area contributed by atoms with Gasteiger partial charge in [0.2, 0.25) is 0 Å². The predicted molar refractivity (Wildman–Crippen MR) is 56.5 cm³/mol. The molecule has 0 unspecified atom stereocenters. The molecule has 0 aromatic heterocycles. The average Bonchev–Trinajstić information content (AvgIpc) is 2.17. The largest absolute Gasteiger partial charge is 0.326 e. The molecule has 0 saturated heterocycles. The van der Waals surface area contributed by atoms with E-state index in [9.17, 15) is 0 Å². The molecular weight excluding hydrogens is 158 g/mol. The highest BCUT2D eigenvalue weighted by molar-refractivity contribution is 5.71. The van der Waals surface area contributed by atoms with E-state index in [0.29, 0.717) is 6.54 Å². The van der Waals surface area contributed by atoms with Crippen LogP contribution in [0.15, 0.2) is 24.3 Å². The molecule has 1 aromatic carbocycles. The minimum atomic E-state index is 0.663. The van der Waals surface area contributed by atoms with Gasteiger partial charge in [0.05, 0.1) is 0 Å². The molecule has 0 fully saturated rings. The van der Waals surface area contributed by atoms with E-state index < -0.39 is 0 Å². The van der Waals surface area contributed by atoms with E-state index in [0.717, 1.165) is 6.42 Å². The first kappa shape index (κ1) is 8.52. The first-order valence-electron chi connectivity index (χ1n) is 4.80. The molecule has 0 atom stereocenters. The molecular formula is C12H15N. The number of hydrogen-bond donors (Lipinski definition) is 1. The van der Waals surface area contributed by atoms with Gasteiger partial charge in [-0.25, -0.2) is 0 Å². The highest BCUT2D eigenvalue weighted by Gasteiger charge is 2.10. The van der Waals surface area contributed by atoms with Crippen LogP contribution < -0.4 is 5.73 Å². The Balaban J connectivity index is 2.51. The van der Waals surface area contributed by atoms with Gasteiger partial charge >= 0.3 is 0 Å². The molecule has 0 spiro atoms. The van der Waals surface area contributed by atoms with Crippen LogP contribution in [0.1, 0.15) is 23.1 Å². The van der Waals surface area contributed by atoms with Gasteiger partial charge in [0, 0.05) is 6.54 Å². The maximum absolute atomic E-state index is 5.70. The van der Waals surface area contributed by atoms with E-state index in [1.54, 1.807) is 0 Å². The highest BCUT2D eigenvalue weighted by Crippen LogP contribution is 2.26. The Bertz CT molecular complexity index is 350. The van der Waals surface area contributed by atoms with Crippen molar-refractivity contribution in [2.75, 3.05) is 6.54 Å². The molecule has 68 valence electrons. The molecule has 1 heteroatoms. The van der Waals surface area contributed by atoms with Gasteiger partial charge in [0.25, 0.3) is 0 Å². The van der Waals surface area contributed by atoms with E-state index in [4.69, 9.17) is 5.73 Å². The summed E-state index contributed by atoms with van der Waals surface area (Å²) in [6, 6.07) is 6.65.